The van der Waals surface area contributed by atoms with Crippen molar-refractivity contribution in [2.75, 3.05) is 18.1 Å². The molecule has 0 aliphatic heterocycles. The number of anilines is 2. The fraction of sp³-hybridized carbons (Fsp3) is 0.375. The van der Waals surface area contributed by atoms with E-state index in [1.807, 2.05) is 0 Å². The molecular weight excluding hydrogens is 218 g/mol. The molecule has 6 nitrogen and oxygen atoms in total. The molecule has 1 aromatic rings. The lowest BCUT2D eigenvalue weighted by atomic mass is 10.3. The summed E-state index contributed by atoms with van der Waals surface area (Å²) in [7, 11) is 1.55. The zero-order chi connectivity index (χ0) is 11.4. The fourth-order valence-electron chi connectivity index (χ4n) is 0.971. The first kappa shape index (κ1) is 11.5. The number of nitrogens with two attached hydrogens (primary N) is 1. The highest BCUT2D eigenvalue weighted by atomic mass is 35.5. The van der Waals surface area contributed by atoms with Gasteiger partial charge in [0.1, 0.15) is 23.2 Å². The second-order valence-electron chi connectivity index (χ2n) is 2.90. The van der Waals surface area contributed by atoms with Crippen molar-refractivity contribution in [2.45, 2.75) is 13.0 Å². The summed E-state index contributed by atoms with van der Waals surface area (Å²) in [6.45, 7) is 1.69. The molecule has 0 bridgehead atoms. The number of likely N-dealkylation sites (N-methyl/N-ethyl adjacent to an activating group) is 1. The molecule has 4 N–H and O–H groups in total. The summed E-state index contributed by atoms with van der Waals surface area (Å²) in [5, 5.41) is 5.54. The van der Waals surface area contributed by atoms with E-state index < -0.39 is 6.04 Å². The molecule has 0 aromatic carbocycles. The van der Waals surface area contributed by atoms with Crippen LogP contribution in [0.5, 0.6) is 0 Å². The van der Waals surface area contributed by atoms with E-state index >= 15 is 0 Å². The van der Waals surface area contributed by atoms with E-state index in [1.54, 1.807) is 14.0 Å². The maximum Gasteiger partial charge on any atom is 0.241 e. The van der Waals surface area contributed by atoms with Crippen molar-refractivity contribution >= 4 is 29.1 Å². The van der Waals surface area contributed by atoms with E-state index in [0.29, 0.717) is 5.82 Å². The lowest BCUT2D eigenvalue weighted by Crippen LogP contribution is -2.35. The quantitative estimate of drug-likeness (QED) is 0.691. The Morgan fingerprint density at radius 2 is 2.27 bits per heavy atom. The molecule has 0 spiro atoms. The number of hydrogen-bond acceptors (Lipinski definition) is 5. The third-order valence-electron chi connectivity index (χ3n) is 1.81. The number of amides is 1. The Balaban J connectivity index is 2.81. The first-order chi connectivity index (χ1) is 7.06. The van der Waals surface area contributed by atoms with Crippen LogP contribution in [0.3, 0.4) is 0 Å². The molecule has 0 fully saturated rings. The van der Waals surface area contributed by atoms with Gasteiger partial charge in [-0.2, -0.15) is 0 Å². The number of nitrogens with one attached hydrogen (secondary N) is 2. The average molecular weight is 230 g/mol. The minimum absolute atomic E-state index is 0.164. The third kappa shape index (κ3) is 2.69. The first-order valence-electron chi connectivity index (χ1n) is 4.30. The number of carbonyl (C=O) groups excluding carboxylic acids is 1. The smallest absolute Gasteiger partial charge is 0.241 e. The summed E-state index contributed by atoms with van der Waals surface area (Å²) in [6, 6.07) is -0.443. The minimum atomic E-state index is -0.443. The number of nitrogens with zero attached hydrogens (tertiary/aromatic N) is 2. The normalized spacial score (nSPS) is 11.9. The standard InChI is InChI=1S/C8H12ClN5O/c1-4(8(15)11-2)14-7-5(9)6(10)12-3-13-7/h3-4H,1-2H3,(H,11,15)(H3,10,12,13,14). The van der Waals surface area contributed by atoms with Crippen LogP contribution in [0, 0.1) is 0 Å². The lowest BCUT2D eigenvalue weighted by molar-refractivity contribution is -0.121. The van der Waals surface area contributed by atoms with E-state index in [0.717, 1.165) is 0 Å². The molecule has 0 aliphatic carbocycles. The van der Waals surface area contributed by atoms with Gasteiger partial charge in [0, 0.05) is 7.05 Å². The molecule has 1 atom stereocenters. The molecular formula is C8H12ClN5O. The number of hydrogen-bond donors (Lipinski definition) is 3. The Morgan fingerprint density at radius 3 is 2.87 bits per heavy atom. The molecule has 82 valence electrons. The van der Waals surface area contributed by atoms with Gasteiger partial charge in [0.05, 0.1) is 0 Å². The molecule has 1 unspecified atom stereocenters. The van der Waals surface area contributed by atoms with Crippen LogP contribution in [-0.2, 0) is 4.79 Å². The van der Waals surface area contributed by atoms with Crippen LogP contribution in [0.1, 0.15) is 6.92 Å². The molecule has 15 heavy (non-hydrogen) atoms. The molecule has 1 aromatic heterocycles. The largest absolute Gasteiger partial charge is 0.382 e. The Morgan fingerprint density at radius 1 is 1.60 bits per heavy atom. The van der Waals surface area contributed by atoms with Crippen LogP contribution in [0.4, 0.5) is 11.6 Å². The Hall–Kier alpha value is -1.56. The Kier molecular flexibility index (Phi) is 3.68. The van der Waals surface area contributed by atoms with Crippen LogP contribution >= 0.6 is 11.6 Å². The zero-order valence-electron chi connectivity index (χ0n) is 8.41. The summed E-state index contributed by atoms with van der Waals surface area (Å²) in [6.07, 6.45) is 1.28. The van der Waals surface area contributed by atoms with E-state index in [4.69, 9.17) is 17.3 Å². The monoisotopic (exact) mass is 229 g/mol. The number of rotatable bonds is 3. The molecule has 1 rings (SSSR count). The number of aromatic nitrogens is 2. The fourth-order valence-corrected chi connectivity index (χ4v) is 1.12. The van der Waals surface area contributed by atoms with Gasteiger partial charge in [0.2, 0.25) is 5.91 Å². The van der Waals surface area contributed by atoms with Gasteiger partial charge in [-0.1, -0.05) is 11.6 Å². The van der Waals surface area contributed by atoms with E-state index in [2.05, 4.69) is 20.6 Å². The van der Waals surface area contributed by atoms with Crippen molar-refractivity contribution in [3.63, 3.8) is 0 Å². The molecule has 0 radical (unpaired) electrons. The Labute approximate surface area is 92.2 Å². The topological polar surface area (TPSA) is 92.9 Å². The van der Waals surface area contributed by atoms with Gasteiger partial charge in [-0.15, -0.1) is 0 Å². The molecule has 1 heterocycles. The summed E-state index contributed by atoms with van der Waals surface area (Å²) in [4.78, 5) is 18.8. The summed E-state index contributed by atoms with van der Waals surface area (Å²) >= 11 is 5.84. The van der Waals surface area contributed by atoms with Gasteiger partial charge in [-0.25, -0.2) is 9.97 Å². The minimum Gasteiger partial charge on any atom is -0.382 e. The third-order valence-corrected chi connectivity index (χ3v) is 2.18. The van der Waals surface area contributed by atoms with Crippen LogP contribution in [0.2, 0.25) is 5.02 Å². The highest BCUT2D eigenvalue weighted by Gasteiger charge is 2.14. The summed E-state index contributed by atoms with van der Waals surface area (Å²) in [5.41, 5.74) is 5.48. The van der Waals surface area contributed by atoms with E-state index in [1.165, 1.54) is 6.33 Å². The van der Waals surface area contributed by atoms with Gasteiger partial charge in [-0.3, -0.25) is 4.79 Å². The second-order valence-corrected chi connectivity index (χ2v) is 3.28. The maximum atomic E-state index is 11.2. The molecule has 1 amide bonds. The zero-order valence-corrected chi connectivity index (χ0v) is 9.17. The van der Waals surface area contributed by atoms with Gasteiger partial charge < -0.3 is 16.4 Å². The predicted molar refractivity (Wildman–Crippen MR) is 58.6 cm³/mol. The molecule has 7 heteroatoms. The highest BCUT2D eigenvalue weighted by molar-refractivity contribution is 6.35. The van der Waals surface area contributed by atoms with Crippen LogP contribution in [0.25, 0.3) is 0 Å². The predicted octanol–water partition coefficient (Wildman–Crippen LogP) is 0.259. The highest BCUT2D eigenvalue weighted by Crippen LogP contribution is 2.23. The number of carbonyl (C=O) groups is 1. The lowest BCUT2D eigenvalue weighted by Gasteiger charge is -2.13. The first-order valence-corrected chi connectivity index (χ1v) is 4.68. The average Bonchev–Trinajstić information content (AvgIpc) is 2.23. The number of nitrogen functional groups attached to an aromatic ring is 1. The van der Waals surface area contributed by atoms with Crippen LogP contribution < -0.4 is 16.4 Å². The van der Waals surface area contributed by atoms with Crippen LogP contribution in [-0.4, -0.2) is 29.0 Å². The molecule has 0 aliphatic rings. The maximum absolute atomic E-state index is 11.2. The van der Waals surface area contributed by atoms with Gasteiger partial charge in [0.15, 0.2) is 5.82 Å². The van der Waals surface area contributed by atoms with Crippen molar-refractivity contribution in [1.82, 2.24) is 15.3 Å². The molecule has 0 saturated carbocycles. The van der Waals surface area contributed by atoms with E-state index in [-0.39, 0.29) is 16.7 Å². The Bertz CT molecular complexity index is 370. The van der Waals surface area contributed by atoms with Gasteiger partial charge in [0.25, 0.3) is 0 Å². The number of halogens is 1. The van der Waals surface area contributed by atoms with Crippen molar-refractivity contribution in [3.05, 3.63) is 11.3 Å². The van der Waals surface area contributed by atoms with Crippen molar-refractivity contribution in [3.8, 4) is 0 Å². The summed E-state index contributed by atoms with van der Waals surface area (Å²) in [5.74, 6) is 0.363. The SMILES string of the molecule is CNC(=O)C(C)Nc1ncnc(N)c1Cl. The van der Waals surface area contributed by atoms with Gasteiger partial charge >= 0.3 is 0 Å². The van der Waals surface area contributed by atoms with Gasteiger partial charge in [-0.05, 0) is 6.92 Å². The molecule has 0 saturated heterocycles. The van der Waals surface area contributed by atoms with Crippen LogP contribution in [0.15, 0.2) is 6.33 Å². The van der Waals surface area contributed by atoms with Crippen molar-refractivity contribution < 1.29 is 4.79 Å². The summed E-state index contributed by atoms with van der Waals surface area (Å²) < 4.78 is 0. The van der Waals surface area contributed by atoms with E-state index in [9.17, 15) is 4.79 Å². The van der Waals surface area contributed by atoms with Crippen molar-refractivity contribution in [1.29, 1.82) is 0 Å². The van der Waals surface area contributed by atoms with Crippen molar-refractivity contribution in [2.24, 2.45) is 0 Å². The second kappa shape index (κ2) is 4.79.